The summed E-state index contributed by atoms with van der Waals surface area (Å²) >= 11 is 0. The first-order valence-corrected chi connectivity index (χ1v) is 4.47. The van der Waals surface area contributed by atoms with E-state index in [1.165, 1.54) is 12.3 Å². The molecule has 0 aliphatic heterocycles. The van der Waals surface area contributed by atoms with Crippen molar-refractivity contribution < 1.29 is 10.3 Å². The van der Waals surface area contributed by atoms with E-state index in [2.05, 4.69) is 4.98 Å². The van der Waals surface area contributed by atoms with E-state index in [-0.39, 0.29) is 11.6 Å². The number of pyridine rings is 1. The van der Waals surface area contributed by atoms with Gasteiger partial charge in [-0.05, 0) is 24.3 Å². The predicted octanol–water partition coefficient (Wildman–Crippen LogP) is 2.31. The van der Waals surface area contributed by atoms with Crippen LogP contribution in [-0.2, 0) is 0 Å². The lowest BCUT2D eigenvalue weighted by Crippen LogP contribution is -2.11. The van der Waals surface area contributed by atoms with Gasteiger partial charge in [-0.3, -0.25) is 5.21 Å². The minimum absolute atomic E-state index is 0.0659. The van der Waals surface area contributed by atoms with Crippen LogP contribution >= 0.6 is 0 Å². The lowest BCUT2D eigenvalue weighted by molar-refractivity contribution is 0.292. The molecular formula is C11H10N2O2. The van der Waals surface area contributed by atoms with Gasteiger partial charge in [0, 0.05) is 6.20 Å². The SMILES string of the molecule is Oc1cccnc1N(O)c1ccccc1. The summed E-state index contributed by atoms with van der Waals surface area (Å²) in [6, 6.07) is 11.9. The van der Waals surface area contributed by atoms with Crippen LogP contribution < -0.4 is 5.06 Å². The van der Waals surface area contributed by atoms with Crippen molar-refractivity contribution in [1.29, 1.82) is 0 Å². The zero-order chi connectivity index (χ0) is 10.7. The van der Waals surface area contributed by atoms with E-state index >= 15 is 0 Å². The third kappa shape index (κ3) is 1.89. The van der Waals surface area contributed by atoms with Gasteiger partial charge in [0.05, 0.1) is 5.69 Å². The number of anilines is 2. The lowest BCUT2D eigenvalue weighted by Gasteiger charge is -2.16. The molecule has 0 aliphatic rings. The third-order valence-corrected chi connectivity index (χ3v) is 1.97. The van der Waals surface area contributed by atoms with E-state index in [4.69, 9.17) is 0 Å². The monoisotopic (exact) mass is 202 g/mol. The minimum Gasteiger partial charge on any atom is -0.504 e. The Labute approximate surface area is 87.0 Å². The van der Waals surface area contributed by atoms with Gasteiger partial charge in [-0.1, -0.05) is 18.2 Å². The zero-order valence-corrected chi connectivity index (χ0v) is 7.91. The van der Waals surface area contributed by atoms with Crippen molar-refractivity contribution in [3.8, 4) is 5.75 Å². The summed E-state index contributed by atoms with van der Waals surface area (Å²) < 4.78 is 0. The second-order valence-electron chi connectivity index (χ2n) is 2.99. The molecule has 76 valence electrons. The smallest absolute Gasteiger partial charge is 0.200 e. The molecule has 0 saturated carbocycles. The minimum atomic E-state index is -0.0659. The Balaban J connectivity index is 2.37. The van der Waals surface area contributed by atoms with Crippen LogP contribution in [0.2, 0.25) is 0 Å². The molecule has 0 unspecified atom stereocenters. The molecule has 4 heteroatoms. The van der Waals surface area contributed by atoms with E-state index in [0.717, 1.165) is 5.06 Å². The van der Waals surface area contributed by atoms with Gasteiger partial charge in [-0.15, -0.1) is 0 Å². The second kappa shape index (κ2) is 3.98. The maximum atomic E-state index is 9.78. The van der Waals surface area contributed by atoms with Crippen LogP contribution in [0.3, 0.4) is 0 Å². The highest BCUT2D eigenvalue weighted by molar-refractivity contribution is 5.61. The fourth-order valence-corrected chi connectivity index (χ4v) is 1.24. The summed E-state index contributed by atoms with van der Waals surface area (Å²) in [5.41, 5.74) is 0.548. The van der Waals surface area contributed by atoms with E-state index in [0.29, 0.717) is 5.69 Å². The zero-order valence-electron chi connectivity index (χ0n) is 7.91. The van der Waals surface area contributed by atoms with Crippen LogP contribution in [0.1, 0.15) is 0 Å². The molecule has 1 aromatic heterocycles. The molecule has 4 nitrogen and oxygen atoms in total. The van der Waals surface area contributed by atoms with Crippen molar-refractivity contribution in [2.45, 2.75) is 0 Å². The van der Waals surface area contributed by atoms with Crippen LogP contribution in [0.4, 0.5) is 11.5 Å². The number of aromatic hydroxyl groups is 1. The maximum Gasteiger partial charge on any atom is 0.200 e. The molecular weight excluding hydrogens is 192 g/mol. The highest BCUT2D eigenvalue weighted by Crippen LogP contribution is 2.28. The predicted molar refractivity (Wildman–Crippen MR) is 56.3 cm³/mol. The summed E-state index contributed by atoms with van der Waals surface area (Å²) in [5.74, 6) is 0.0487. The molecule has 0 fully saturated rings. The molecule has 0 amide bonds. The van der Waals surface area contributed by atoms with Crippen LogP contribution in [-0.4, -0.2) is 15.3 Å². The number of nitrogens with zero attached hydrogens (tertiary/aromatic N) is 2. The first-order valence-electron chi connectivity index (χ1n) is 4.47. The number of hydrogen-bond acceptors (Lipinski definition) is 4. The van der Waals surface area contributed by atoms with Gasteiger partial charge in [0.25, 0.3) is 0 Å². The molecule has 0 saturated heterocycles. The van der Waals surface area contributed by atoms with Crippen LogP contribution in [0.15, 0.2) is 48.7 Å². The van der Waals surface area contributed by atoms with Crippen molar-refractivity contribution in [2.75, 3.05) is 5.06 Å². The maximum absolute atomic E-state index is 9.78. The number of hydrogen-bond donors (Lipinski definition) is 2. The van der Waals surface area contributed by atoms with Crippen molar-refractivity contribution in [3.63, 3.8) is 0 Å². The van der Waals surface area contributed by atoms with E-state index in [1.54, 1.807) is 30.3 Å². The summed E-state index contributed by atoms with van der Waals surface area (Å²) in [6.07, 6.45) is 1.50. The van der Waals surface area contributed by atoms with Gasteiger partial charge in [0.15, 0.2) is 11.6 Å². The fraction of sp³-hybridized carbons (Fsp3) is 0. The average Bonchev–Trinajstić information content (AvgIpc) is 2.30. The van der Waals surface area contributed by atoms with E-state index in [9.17, 15) is 10.3 Å². The summed E-state index contributed by atoms with van der Waals surface area (Å²) in [6.45, 7) is 0. The highest BCUT2D eigenvalue weighted by Gasteiger charge is 2.10. The molecule has 0 radical (unpaired) electrons. The van der Waals surface area contributed by atoms with Crippen molar-refractivity contribution in [1.82, 2.24) is 4.98 Å². The first-order chi connectivity index (χ1) is 7.29. The number of aromatic nitrogens is 1. The standard InChI is InChI=1S/C11H10N2O2/c14-10-7-4-8-12-11(10)13(15)9-5-2-1-3-6-9/h1-8,14-15H. The molecule has 0 spiro atoms. The van der Waals surface area contributed by atoms with Gasteiger partial charge in [-0.2, -0.15) is 0 Å². The molecule has 1 aromatic carbocycles. The van der Waals surface area contributed by atoms with Gasteiger partial charge in [-0.25, -0.2) is 10.0 Å². The number of benzene rings is 1. The Kier molecular flexibility index (Phi) is 2.51. The molecule has 0 atom stereocenters. The molecule has 0 bridgehead atoms. The van der Waals surface area contributed by atoms with Crippen molar-refractivity contribution in [3.05, 3.63) is 48.7 Å². The normalized spacial score (nSPS) is 9.93. The Morgan fingerprint density at radius 1 is 1.00 bits per heavy atom. The second-order valence-corrected chi connectivity index (χ2v) is 2.99. The molecule has 1 heterocycles. The van der Waals surface area contributed by atoms with Gasteiger partial charge in [0.1, 0.15) is 0 Å². The summed E-state index contributed by atoms with van der Waals surface area (Å²) in [4.78, 5) is 3.88. The Hall–Kier alpha value is -2.07. The highest BCUT2D eigenvalue weighted by atomic mass is 16.5. The van der Waals surface area contributed by atoms with Gasteiger partial charge >= 0.3 is 0 Å². The van der Waals surface area contributed by atoms with Crippen LogP contribution in [0, 0.1) is 0 Å². The lowest BCUT2D eigenvalue weighted by atomic mass is 10.3. The number of para-hydroxylation sites is 1. The molecule has 2 N–H and O–H groups in total. The Morgan fingerprint density at radius 3 is 2.40 bits per heavy atom. The molecule has 0 aliphatic carbocycles. The Morgan fingerprint density at radius 2 is 1.73 bits per heavy atom. The van der Waals surface area contributed by atoms with E-state index in [1.807, 2.05) is 6.07 Å². The van der Waals surface area contributed by atoms with Crippen LogP contribution in [0.25, 0.3) is 0 Å². The van der Waals surface area contributed by atoms with Gasteiger partial charge < -0.3 is 5.11 Å². The largest absolute Gasteiger partial charge is 0.504 e. The van der Waals surface area contributed by atoms with Gasteiger partial charge in [0.2, 0.25) is 0 Å². The molecule has 2 aromatic rings. The summed E-state index contributed by atoms with van der Waals surface area (Å²) in [7, 11) is 0. The van der Waals surface area contributed by atoms with Crippen molar-refractivity contribution in [2.24, 2.45) is 0 Å². The summed E-state index contributed by atoms with van der Waals surface area (Å²) in [5, 5.41) is 20.1. The molecule has 15 heavy (non-hydrogen) atoms. The van der Waals surface area contributed by atoms with E-state index < -0.39 is 0 Å². The third-order valence-electron chi connectivity index (χ3n) is 1.97. The van der Waals surface area contributed by atoms with Crippen LogP contribution in [0.5, 0.6) is 5.75 Å². The van der Waals surface area contributed by atoms with Crippen molar-refractivity contribution >= 4 is 11.5 Å². The first kappa shape index (κ1) is 9.48. The molecule has 2 rings (SSSR count). The number of rotatable bonds is 2. The fourth-order valence-electron chi connectivity index (χ4n) is 1.24. The Bertz CT molecular complexity index is 445. The topological polar surface area (TPSA) is 56.6 Å². The quantitative estimate of drug-likeness (QED) is 0.734. The average molecular weight is 202 g/mol.